The molecule has 2 fully saturated rings. The van der Waals surface area contributed by atoms with Gasteiger partial charge < -0.3 is 10.2 Å². The number of piperidine rings is 1. The van der Waals surface area contributed by atoms with Gasteiger partial charge in [-0.15, -0.1) is 0 Å². The molecule has 1 saturated heterocycles. The van der Waals surface area contributed by atoms with E-state index >= 15 is 0 Å². The van der Waals surface area contributed by atoms with Gasteiger partial charge in [-0.05, 0) is 73.9 Å². The van der Waals surface area contributed by atoms with Crippen LogP contribution >= 0.6 is 0 Å². The van der Waals surface area contributed by atoms with Crippen LogP contribution in [0.5, 0.6) is 0 Å². The van der Waals surface area contributed by atoms with E-state index in [-0.39, 0.29) is 24.1 Å². The van der Waals surface area contributed by atoms with Crippen LogP contribution in [-0.2, 0) is 16.1 Å². The summed E-state index contributed by atoms with van der Waals surface area (Å²) < 4.78 is 2.07. The Morgan fingerprint density at radius 3 is 2.73 bits per heavy atom. The van der Waals surface area contributed by atoms with Crippen molar-refractivity contribution in [2.45, 2.75) is 57.2 Å². The third-order valence-corrected chi connectivity index (χ3v) is 8.57. The molecule has 0 bridgehead atoms. The number of anilines is 1. The van der Waals surface area contributed by atoms with E-state index in [0.717, 1.165) is 65.8 Å². The topological polar surface area (TPSA) is 122 Å². The van der Waals surface area contributed by atoms with Crippen molar-refractivity contribution in [3.63, 3.8) is 0 Å². The minimum Gasteiger partial charge on any atom is -0.385 e. The number of imide groups is 1. The van der Waals surface area contributed by atoms with Gasteiger partial charge in [0.1, 0.15) is 6.04 Å². The summed E-state index contributed by atoms with van der Waals surface area (Å²) in [5.41, 5.74) is 6.15. The van der Waals surface area contributed by atoms with Gasteiger partial charge in [0.05, 0.1) is 35.2 Å². The van der Waals surface area contributed by atoms with Gasteiger partial charge in [0.15, 0.2) is 0 Å². The lowest BCUT2D eigenvalue weighted by Gasteiger charge is -2.35. The molecule has 208 valence electrons. The first-order valence-corrected chi connectivity index (χ1v) is 14.3. The van der Waals surface area contributed by atoms with Crippen LogP contribution in [0.25, 0.3) is 22.3 Å². The Labute approximate surface area is 237 Å². The second-order valence-corrected chi connectivity index (χ2v) is 11.3. The molecule has 2 aromatic carbocycles. The fraction of sp³-hybridized carbons (Fsp3) is 0.355. The zero-order chi connectivity index (χ0) is 27.9. The average molecular weight is 550 g/mol. The summed E-state index contributed by atoms with van der Waals surface area (Å²) in [5, 5.41) is 10.5. The lowest BCUT2D eigenvalue weighted by atomic mass is 9.77. The third-order valence-electron chi connectivity index (χ3n) is 8.57. The molecule has 2 aliphatic heterocycles. The lowest BCUT2D eigenvalue weighted by molar-refractivity contribution is -0.136. The summed E-state index contributed by atoms with van der Waals surface area (Å²) in [7, 11) is 0. The van der Waals surface area contributed by atoms with E-state index in [1.165, 1.54) is 0 Å². The van der Waals surface area contributed by atoms with Crippen molar-refractivity contribution in [1.82, 2.24) is 30.0 Å². The lowest BCUT2D eigenvalue weighted by Crippen LogP contribution is -2.52. The van der Waals surface area contributed by atoms with E-state index < -0.39 is 6.04 Å². The standard InChI is InChI=1S/C31H31N7O3/c39-29-10-9-28(30(40)36-29)37-17-20-14-22(7-8-24(20)31(37)41)32-11-3-4-19-12-23(13-19)38-18-21(15-34-38)27-16-33-25-5-1-2-6-26(25)35-27/h1-2,5-8,14-16,18-19,23,28,32H,3-4,9-13,17H2,(H,36,39,40). The van der Waals surface area contributed by atoms with E-state index in [1.54, 1.807) is 4.90 Å². The van der Waals surface area contributed by atoms with E-state index in [1.807, 2.05) is 54.9 Å². The molecule has 3 amide bonds. The predicted octanol–water partition coefficient (Wildman–Crippen LogP) is 4.10. The molecular weight excluding hydrogens is 518 g/mol. The molecule has 41 heavy (non-hydrogen) atoms. The van der Waals surface area contributed by atoms with Gasteiger partial charge in [-0.25, -0.2) is 4.98 Å². The molecule has 0 spiro atoms. The minimum absolute atomic E-state index is 0.143. The molecule has 1 atom stereocenters. The minimum atomic E-state index is -0.587. The zero-order valence-corrected chi connectivity index (χ0v) is 22.6. The number of hydrogen-bond acceptors (Lipinski definition) is 7. The van der Waals surface area contributed by atoms with E-state index in [4.69, 9.17) is 4.98 Å². The molecular formula is C31H31N7O3. The number of carbonyl (C=O) groups is 3. The smallest absolute Gasteiger partial charge is 0.255 e. The highest BCUT2D eigenvalue weighted by atomic mass is 16.2. The number of nitrogens with one attached hydrogen (secondary N) is 2. The van der Waals surface area contributed by atoms with Crippen LogP contribution in [-0.4, -0.2) is 55.0 Å². The van der Waals surface area contributed by atoms with Crippen molar-refractivity contribution in [3.8, 4) is 11.3 Å². The van der Waals surface area contributed by atoms with E-state index in [0.29, 0.717) is 30.5 Å². The Kier molecular flexibility index (Phi) is 6.45. The van der Waals surface area contributed by atoms with Gasteiger partial charge in [0.25, 0.3) is 5.91 Å². The molecule has 1 saturated carbocycles. The molecule has 2 aromatic heterocycles. The molecule has 3 aliphatic rings. The number of fused-ring (bicyclic) bond motifs is 2. The Bertz CT molecular complexity index is 1660. The highest BCUT2D eigenvalue weighted by Crippen LogP contribution is 2.40. The van der Waals surface area contributed by atoms with Gasteiger partial charge in [-0.2, -0.15) is 5.10 Å². The zero-order valence-electron chi connectivity index (χ0n) is 22.6. The summed E-state index contributed by atoms with van der Waals surface area (Å²) in [6, 6.07) is 13.5. The van der Waals surface area contributed by atoms with Crippen molar-refractivity contribution in [2.75, 3.05) is 11.9 Å². The largest absolute Gasteiger partial charge is 0.385 e. The highest BCUT2D eigenvalue weighted by Gasteiger charge is 2.39. The SMILES string of the molecule is O=C1CCC(N2Cc3cc(NCCCC4CC(n5cc(-c6cnc7ccccc7n6)cn5)C4)ccc3C2=O)C(=O)N1. The molecule has 7 rings (SSSR count). The maximum Gasteiger partial charge on any atom is 0.255 e. The number of benzene rings is 2. The monoisotopic (exact) mass is 549 g/mol. The predicted molar refractivity (Wildman–Crippen MR) is 153 cm³/mol. The van der Waals surface area contributed by atoms with Crippen molar-refractivity contribution in [2.24, 2.45) is 5.92 Å². The van der Waals surface area contributed by atoms with Gasteiger partial charge in [0.2, 0.25) is 11.8 Å². The van der Waals surface area contributed by atoms with Crippen LogP contribution in [0.4, 0.5) is 5.69 Å². The van der Waals surface area contributed by atoms with Crippen LogP contribution in [0.15, 0.2) is 61.1 Å². The quantitative estimate of drug-likeness (QED) is 0.251. The number of aromatic nitrogens is 4. The fourth-order valence-electron chi connectivity index (χ4n) is 6.23. The first-order valence-electron chi connectivity index (χ1n) is 14.3. The van der Waals surface area contributed by atoms with Crippen molar-refractivity contribution in [3.05, 3.63) is 72.2 Å². The summed E-state index contributed by atoms with van der Waals surface area (Å²) in [5.74, 6) is -0.113. The van der Waals surface area contributed by atoms with Crippen LogP contribution in [0.3, 0.4) is 0 Å². The second-order valence-electron chi connectivity index (χ2n) is 11.3. The molecule has 4 heterocycles. The highest BCUT2D eigenvalue weighted by molar-refractivity contribution is 6.05. The van der Waals surface area contributed by atoms with Crippen molar-refractivity contribution < 1.29 is 14.4 Å². The summed E-state index contributed by atoms with van der Waals surface area (Å²) >= 11 is 0. The van der Waals surface area contributed by atoms with Gasteiger partial charge in [-0.3, -0.25) is 29.4 Å². The molecule has 2 N–H and O–H groups in total. The summed E-state index contributed by atoms with van der Waals surface area (Å²) in [6.45, 7) is 1.25. The maximum atomic E-state index is 12.9. The van der Waals surface area contributed by atoms with Gasteiger partial charge in [-0.1, -0.05) is 12.1 Å². The van der Waals surface area contributed by atoms with E-state index in [9.17, 15) is 14.4 Å². The molecule has 10 heteroatoms. The second kappa shape index (κ2) is 10.4. The maximum absolute atomic E-state index is 12.9. The number of nitrogens with zero attached hydrogens (tertiary/aromatic N) is 5. The van der Waals surface area contributed by atoms with Gasteiger partial charge >= 0.3 is 0 Å². The third kappa shape index (κ3) is 4.94. The van der Waals surface area contributed by atoms with Crippen LogP contribution in [0, 0.1) is 5.92 Å². The Morgan fingerprint density at radius 1 is 1.02 bits per heavy atom. The van der Waals surface area contributed by atoms with E-state index in [2.05, 4.69) is 31.6 Å². The number of rotatable bonds is 8. The summed E-state index contributed by atoms with van der Waals surface area (Å²) in [6.07, 6.45) is 10.9. The Hall–Kier alpha value is -4.60. The number of carbonyl (C=O) groups excluding carboxylic acids is 3. The first kappa shape index (κ1) is 25.4. The van der Waals surface area contributed by atoms with Crippen LogP contribution in [0.1, 0.15) is 60.5 Å². The number of para-hydroxylation sites is 2. The summed E-state index contributed by atoms with van der Waals surface area (Å²) in [4.78, 5) is 47.5. The van der Waals surface area contributed by atoms with Crippen molar-refractivity contribution >= 4 is 34.4 Å². The fourth-order valence-corrected chi connectivity index (χ4v) is 6.23. The first-order chi connectivity index (χ1) is 20.0. The van der Waals surface area contributed by atoms with Gasteiger partial charge in [0, 0.05) is 42.5 Å². The normalized spacial score (nSPS) is 22.0. The average Bonchev–Trinajstić information content (AvgIpc) is 3.56. The van der Waals surface area contributed by atoms with Crippen LogP contribution < -0.4 is 10.6 Å². The van der Waals surface area contributed by atoms with Crippen molar-refractivity contribution in [1.29, 1.82) is 0 Å². The molecule has 4 aromatic rings. The Balaban J connectivity index is 0.871. The Morgan fingerprint density at radius 2 is 1.88 bits per heavy atom. The molecule has 1 aliphatic carbocycles. The molecule has 10 nitrogen and oxygen atoms in total. The number of hydrogen-bond donors (Lipinski definition) is 2. The molecule has 1 unspecified atom stereocenters. The molecule has 0 radical (unpaired) electrons. The number of amides is 3. The van der Waals surface area contributed by atoms with Crippen LogP contribution in [0.2, 0.25) is 0 Å².